The number of esters is 1. The maximum atomic E-state index is 12.5. The van der Waals surface area contributed by atoms with Gasteiger partial charge in [0.15, 0.2) is 6.61 Å². The van der Waals surface area contributed by atoms with Crippen LogP contribution in [-0.4, -0.2) is 35.4 Å². The number of amides is 2. The number of anilines is 1. The molecule has 1 saturated carbocycles. The van der Waals surface area contributed by atoms with Crippen molar-refractivity contribution in [1.82, 2.24) is 10.3 Å². The molecule has 7 nitrogen and oxygen atoms in total. The Morgan fingerprint density at radius 2 is 1.85 bits per heavy atom. The van der Waals surface area contributed by atoms with Gasteiger partial charge in [-0.15, -0.1) is 0 Å². The molecule has 0 atom stereocenters. The first-order valence-electron chi connectivity index (χ1n) is 8.90. The second kappa shape index (κ2) is 8.93. The topological polar surface area (TPSA) is 97.4 Å². The third kappa shape index (κ3) is 5.13. The van der Waals surface area contributed by atoms with Crippen molar-refractivity contribution >= 4 is 23.5 Å². The zero-order chi connectivity index (χ0) is 19.1. The van der Waals surface area contributed by atoms with Crippen LogP contribution in [0.1, 0.15) is 46.4 Å². The van der Waals surface area contributed by atoms with Crippen molar-refractivity contribution in [3.05, 3.63) is 59.9 Å². The monoisotopic (exact) mass is 367 g/mol. The molecule has 2 amide bonds. The average Bonchev–Trinajstić information content (AvgIpc) is 3.20. The molecule has 3 rings (SSSR count). The maximum absolute atomic E-state index is 12.5. The van der Waals surface area contributed by atoms with E-state index in [0.29, 0.717) is 11.3 Å². The summed E-state index contributed by atoms with van der Waals surface area (Å²) in [6, 6.07) is 10.1. The summed E-state index contributed by atoms with van der Waals surface area (Å²) in [6.45, 7) is -0.452. The molecular weight excluding hydrogens is 346 g/mol. The summed E-state index contributed by atoms with van der Waals surface area (Å²) in [5, 5.41) is 5.63. The number of pyridine rings is 1. The lowest BCUT2D eigenvalue weighted by atomic mass is 10.1. The van der Waals surface area contributed by atoms with Crippen molar-refractivity contribution in [3.8, 4) is 0 Å². The molecule has 0 saturated heterocycles. The highest BCUT2D eigenvalue weighted by atomic mass is 16.5. The first-order valence-corrected chi connectivity index (χ1v) is 8.90. The molecule has 2 aromatic rings. The second-order valence-electron chi connectivity index (χ2n) is 6.37. The van der Waals surface area contributed by atoms with Gasteiger partial charge in [0, 0.05) is 18.4 Å². The van der Waals surface area contributed by atoms with E-state index < -0.39 is 18.5 Å². The Labute approximate surface area is 157 Å². The van der Waals surface area contributed by atoms with E-state index in [0.717, 1.165) is 25.7 Å². The van der Waals surface area contributed by atoms with Crippen LogP contribution in [-0.2, 0) is 9.53 Å². The maximum Gasteiger partial charge on any atom is 0.340 e. The zero-order valence-corrected chi connectivity index (χ0v) is 14.8. The molecular formula is C20H21N3O4. The molecule has 0 radical (unpaired) electrons. The fourth-order valence-corrected chi connectivity index (χ4v) is 3.01. The van der Waals surface area contributed by atoms with Crippen molar-refractivity contribution in [2.24, 2.45) is 0 Å². The number of aromatic nitrogens is 1. The van der Waals surface area contributed by atoms with Gasteiger partial charge in [-0.2, -0.15) is 0 Å². The summed E-state index contributed by atoms with van der Waals surface area (Å²) in [5.41, 5.74) is 1.04. The predicted octanol–water partition coefficient (Wildman–Crippen LogP) is 2.55. The molecule has 0 unspecified atom stereocenters. The summed E-state index contributed by atoms with van der Waals surface area (Å²) >= 11 is 0. The van der Waals surface area contributed by atoms with Gasteiger partial charge in [0.1, 0.15) is 0 Å². The normalized spacial score (nSPS) is 13.8. The summed E-state index contributed by atoms with van der Waals surface area (Å²) in [6.07, 6.45) is 7.09. The Balaban J connectivity index is 1.57. The smallest absolute Gasteiger partial charge is 0.340 e. The zero-order valence-electron chi connectivity index (χ0n) is 14.8. The highest BCUT2D eigenvalue weighted by Gasteiger charge is 2.20. The highest BCUT2D eigenvalue weighted by Crippen LogP contribution is 2.20. The fourth-order valence-electron chi connectivity index (χ4n) is 3.01. The average molecular weight is 367 g/mol. The van der Waals surface area contributed by atoms with Gasteiger partial charge in [-0.05, 0) is 37.1 Å². The van der Waals surface area contributed by atoms with Crippen LogP contribution in [0.25, 0.3) is 0 Å². The van der Waals surface area contributed by atoms with E-state index in [4.69, 9.17) is 4.74 Å². The summed E-state index contributed by atoms with van der Waals surface area (Å²) in [7, 11) is 0. The van der Waals surface area contributed by atoms with Gasteiger partial charge in [-0.25, -0.2) is 4.79 Å². The number of ether oxygens (including phenoxy) is 1. The molecule has 140 valence electrons. The quantitative estimate of drug-likeness (QED) is 0.765. The van der Waals surface area contributed by atoms with Crippen LogP contribution >= 0.6 is 0 Å². The third-order valence-electron chi connectivity index (χ3n) is 4.37. The van der Waals surface area contributed by atoms with E-state index in [1.165, 1.54) is 12.4 Å². The number of carbonyl (C=O) groups excluding carboxylic acids is 3. The van der Waals surface area contributed by atoms with Gasteiger partial charge in [0.25, 0.3) is 11.8 Å². The van der Waals surface area contributed by atoms with Crippen molar-refractivity contribution in [1.29, 1.82) is 0 Å². The number of rotatable bonds is 6. The first-order chi connectivity index (χ1) is 13.1. The van der Waals surface area contributed by atoms with E-state index in [-0.39, 0.29) is 17.5 Å². The minimum absolute atomic E-state index is 0.182. The van der Waals surface area contributed by atoms with Crippen LogP contribution in [0.15, 0.2) is 48.8 Å². The van der Waals surface area contributed by atoms with E-state index >= 15 is 0 Å². The summed E-state index contributed by atoms with van der Waals surface area (Å²) in [5.74, 6) is -1.37. The lowest BCUT2D eigenvalue weighted by Crippen LogP contribution is -2.33. The van der Waals surface area contributed by atoms with E-state index in [9.17, 15) is 14.4 Å². The van der Waals surface area contributed by atoms with E-state index in [1.54, 1.807) is 36.4 Å². The number of para-hydroxylation sites is 1. The van der Waals surface area contributed by atoms with Gasteiger partial charge in [0.2, 0.25) is 0 Å². The van der Waals surface area contributed by atoms with Crippen LogP contribution in [0, 0.1) is 0 Å². The SMILES string of the molecule is O=C(COC(=O)c1cccnc1)Nc1ccccc1C(=O)NC1CCCC1. The van der Waals surface area contributed by atoms with Crippen LogP contribution in [0.2, 0.25) is 0 Å². The van der Waals surface area contributed by atoms with Crippen molar-refractivity contribution in [2.45, 2.75) is 31.7 Å². The lowest BCUT2D eigenvalue weighted by Gasteiger charge is -2.15. The molecule has 0 bridgehead atoms. The van der Waals surface area contributed by atoms with Crippen LogP contribution in [0.5, 0.6) is 0 Å². The Morgan fingerprint density at radius 3 is 2.59 bits per heavy atom. The number of hydrogen-bond donors (Lipinski definition) is 2. The standard InChI is InChI=1S/C20H21N3O4/c24-18(13-27-20(26)14-6-5-11-21-12-14)23-17-10-4-3-9-16(17)19(25)22-15-7-1-2-8-15/h3-6,9-12,15H,1-2,7-8,13H2,(H,22,25)(H,23,24). The fraction of sp³-hybridized carbons (Fsp3) is 0.300. The van der Waals surface area contributed by atoms with Gasteiger partial charge in [0.05, 0.1) is 16.8 Å². The number of nitrogens with zero attached hydrogens (tertiary/aromatic N) is 1. The molecule has 0 spiro atoms. The van der Waals surface area contributed by atoms with Crippen molar-refractivity contribution in [2.75, 3.05) is 11.9 Å². The third-order valence-corrected chi connectivity index (χ3v) is 4.37. The van der Waals surface area contributed by atoms with E-state index in [1.807, 2.05) is 0 Å². The minimum Gasteiger partial charge on any atom is -0.452 e. The molecule has 1 fully saturated rings. The summed E-state index contributed by atoms with van der Waals surface area (Å²) in [4.78, 5) is 40.3. The Bertz CT molecular complexity index is 817. The molecule has 0 aliphatic heterocycles. The van der Waals surface area contributed by atoms with Crippen LogP contribution < -0.4 is 10.6 Å². The molecule has 1 aromatic carbocycles. The molecule has 1 aliphatic rings. The van der Waals surface area contributed by atoms with Crippen LogP contribution in [0.4, 0.5) is 5.69 Å². The molecule has 7 heteroatoms. The van der Waals surface area contributed by atoms with Gasteiger partial charge >= 0.3 is 5.97 Å². The Kier molecular flexibility index (Phi) is 6.14. The van der Waals surface area contributed by atoms with Crippen molar-refractivity contribution < 1.29 is 19.1 Å². The largest absolute Gasteiger partial charge is 0.452 e. The molecule has 27 heavy (non-hydrogen) atoms. The van der Waals surface area contributed by atoms with Crippen molar-refractivity contribution in [3.63, 3.8) is 0 Å². The highest BCUT2D eigenvalue weighted by molar-refractivity contribution is 6.04. The Morgan fingerprint density at radius 1 is 1.07 bits per heavy atom. The molecule has 1 aliphatic carbocycles. The van der Waals surface area contributed by atoms with E-state index in [2.05, 4.69) is 15.6 Å². The number of hydrogen-bond acceptors (Lipinski definition) is 5. The lowest BCUT2D eigenvalue weighted by molar-refractivity contribution is -0.119. The predicted molar refractivity (Wildman–Crippen MR) is 99.3 cm³/mol. The number of carbonyl (C=O) groups is 3. The van der Waals surface area contributed by atoms with Gasteiger partial charge in [-0.3, -0.25) is 14.6 Å². The summed E-state index contributed by atoms with van der Waals surface area (Å²) < 4.78 is 4.98. The second-order valence-corrected chi connectivity index (χ2v) is 6.37. The van der Waals surface area contributed by atoms with Gasteiger partial charge in [-0.1, -0.05) is 25.0 Å². The Hall–Kier alpha value is -3.22. The number of benzene rings is 1. The molecule has 1 heterocycles. The first kappa shape index (κ1) is 18.6. The van der Waals surface area contributed by atoms with Crippen LogP contribution in [0.3, 0.4) is 0 Å². The van der Waals surface area contributed by atoms with Gasteiger partial charge < -0.3 is 15.4 Å². The molecule has 1 aromatic heterocycles. The minimum atomic E-state index is -0.634. The molecule has 2 N–H and O–H groups in total. The number of nitrogens with one attached hydrogen (secondary N) is 2.